The summed E-state index contributed by atoms with van der Waals surface area (Å²) in [5, 5.41) is 2.33. The molecule has 330 valence electrons. The third-order valence-electron chi connectivity index (χ3n) is 12.9. The van der Waals surface area contributed by atoms with Crippen LogP contribution in [-0.2, 0) is 21.7 Å². The van der Waals surface area contributed by atoms with E-state index in [-0.39, 0.29) is 21.7 Å². The lowest BCUT2D eigenvalue weighted by molar-refractivity contribution is 0.479. The minimum atomic E-state index is -0.126. The van der Waals surface area contributed by atoms with Crippen LogP contribution in [0.3, 0.4) is 0 Å². The van der Waals surface area contributed by atoms with Gasteiger partial charge in [0.05, 0.1) is 23.4 Å². The Morgan fingerprint density at radius 3 is 1.68 bits per heavy atom. The van der Waals surface area contributed by atoms with Crippen LogP contribution in [0.4, 0.5) is 11.4 Å². The van der Waals surface area contributed by atoms with Crippen molar-refractivity contribution < 1.29 is 4.74 Å². The van der Waals surface area contributed by atoms with Crippen LogP contribution in [0, 0.1) is 0 Å². The highest BCUT2D eigenvalue weighted by Crippen LogP contribution is 2.43. The van der Waals surface area contributed by atoms with Gasteiger partial charge in [0.2, 0.25) is 0 Å². The molecule has 3 heterocycles. The number of benzene rings is 6. The van der Waals surface area contributed by atoms with Crippen LogP contribution in [0.25, 0.3) is 44.4 Å². The summed E-state index contributed by atoms with van der Waals surface area (Å²) in [7, 11) is 0. The van der Waals surface area contributed by atoms with Crippen molar-refractivity contribution in [3.63, 3.8) is 0 Å². The number of anilines is 2. The zero-order chi connectivity index (χ0) is 46.1. The lowest BCUT2D eigenvalue weighted by Gasteiger charge is -2.31. The molecule has 0 N–H and O–H groups in total. The van der Waals surface area contributed by atoms with E-state index in [4.69, 9.17) is 9.72 Å². The predicted octanol–water partition coefficient (Wildman–Crippen LogP) is 16.1. The first kappa shape index (κ1) is 43.7. The maximum absolute atomic E-state index is 7.02. The second-order valence-electron chi connectivity index (χ2n) is 22.0. The van der Waals surface area contributed by atoms with E-state index >= 15 is 0 Å². The molecule has 0 spiro atoms. The van der Waals surface area contributed by atoms with Gasteiger partial charge in [0.15, 0.2) is 0 Å². The first-order valence-electron chi connectivity index (χ1n) is 23.1. The lowest BCUT2D eigenvalue weighted by atomic mass is 9.80. The molecule has 0 atom stereocenters. The molecule has 2 aromatic heterocycles. The van der Waals surface area contributed by atoms with Crippen LogP contribution in [-0.4, -0.2) is 16.2 Å². The maximum atomic E-state index is 7.02. The van der Waals surface area contributed by atoms with E-state index in [2.05, 4.69) is 249 Å². The average Bonchev–Trinajstić information content (AvgIpc) is 3.86. The van der Waals surface area contributed by atoms with Crippen molar-refractivity contribution in [2.45, 2.75) is 105 Å². The van der Waals surface area contributed by atoms with Crippen molar-refractivity contribution in [2.24, 2.45) is 0 Å². The molecule has 0 unspecified atom stereocenters. The molecular weight excluding hydrogens is 793 g/mol. The molecule has 1 aliphatic rings. The van der Waals surface area contributed by atoms with Crippen molar-refractivity contribution >= 4 is 38.9 Å². The number of hydrogen-bond donors (Lipinski definition) is 0. The maximum Gasteiger partial charge on any atom is 0.137 e. The standard InChI is InChI=1S/C60H64N4O/c1-57(2,3)43-27-28-61-56(35-43)64-53-26-23-42(40-19-15-13-16-20-40)29-52(53)51-25-24-49(37-54(51)64)65-50-34-46(60(10,11)12)31-47(36-50)62-38-55(41-21-17-14-18-22-41)63(39-62)48-32-44(58(4,5)6)30-45(33-48)59(7,8)9/h13-38H,39H2,1-12H3. The monoisotopic (exact) mass is 857 g/mol. The highest BCUT2D eigenvalue weighted by molar-refractivity contribution is 6.10. The van der Waals surface area contributed by atoms with Crippen LogP contribution >= 0.6 is 0 Å². The molecule has 0 radical (unpaired) electrons. The Balaban J connectivity index is 1.15. The normalized spacial score (nSPS) is 13.8. The summed E-state index contributed by atoms with van der Waals surface area (Å²) in [6.07, 6.45) is 4.25. The fourth-order valence-corrected chi connectivity index (χ4v) is 8.84. The Morgan fingerprint density at radius 1 is 0.446 bits per heavy atom. The highest BCUT2D eigenvalue weighted by Gasteiger charge is 2.30. The molecule has 0 saturated carbocycles. The lowest BCUT2D eigenvalue weighted by Crippen LogP contribution is -2.28. The molecule has 8 aromatic rings. The topological polar surface area (TPSA) is 33.5 Å². The number of ether oxygens (including phenoxy) is 1. The summed E-state index contributed by atoms with van der Waals surface area (Å²) in [5.41, 5.74) is 14.1. The average molecular weight is 857 g/mol. The van der Waals surface area contributed by atoms with Gasteiger partial charge >= 0.3 is 0 Å². The van der Waals surface area contributed by atoms with Crippen LogP contribution in [0.1, 0.15) is 111 Å². The molecule has 1 aliphatic heterocycles. The molecule has 0 amide bonds. The van der Waals surface area contributed by atoms with E-state index in [9.17, 15) is 0 Å². The zero-order valence-electron chi connectivity index (χ0n) is 40.4. The number of fused-ring (bicyclic) bond motifs is 3. The van der Waals surface area contributed by atoms with Crippen molar-refractivity contribution in [3.05, 3.63) is 186 Å². The molecule has 0 bridgehead atoms. The van der Waals surface area contributed by atoms with Gasteiger partial charge in [-0.05, 0) is 121 Å². The van der Waals surface area contributed by atoms with Crippen molar-refractivity contribution in [1.82, 2.24) is 9.55 Å². The first-order valence-corrected chi connectivity index (χ1v) is 23.1. The number of nitrogens with zero attached hydrogens (tertiary/aromatic N) is 4. The van der Waals surface area contributed by atoms with Gasteiger partial charge in [-0.15, -0.1) is 0 Å². The van der Waals surface area contributed by atoms with E-state index in [1.54, 1.807) is 0 Å². The van der Waals surface area contributed by atoms with Gasteiger partial charge in [-0.2, -0.15) is 0 Å². The summed E-state index contributed by atoms with van der Waals surface area (Å²) in [6.45, 7) is 28.1. The third-order valence-corrected chi connectivity index (χ3v) is 12.9. The van der Waals surface area contributed by atoms with Gasteiger partial charge in [-0.1, -0.05) is 156 Å². The Bertz CT molecular complexity index is 3040. The van der Waals surface area contributed by atoms with E-state index in [0.29, 0.717) is 6.67 Å². The first-order chi connectivity index (χ1) is 30.7. The molecule has 5 nitrogen and oxygen atoms in total. The van der Waals surface area contributed by atoms with Crippen LogP contribution in [0.2, 0.25) is 0 Å². The number of rotatable bonds is 7. The van der Waals surface area contributed by atoms with E-state index in [0.717, 1.165) is 45.1 Å². The van der Waals surface area contributed by atoms with Gasteiger partial charge in [0.25, 0.3) is 0 Å². The fourth-order valence-electron chi connectivity index (χ4n) is 8.84. The predicted molar refractivity (Wildman–Crippen MR) is 276 cm³/mol. The minimum Gasteiger partial charge on any atom is -0.457 e. The quantitative estimate of drug-likeness (QED) is 0.160. The smallest absolute Gasteiger partial charge is 0.137 e. The largest absolute Gasteiger partial charge is 0.457 e. The molecule has 9 rings (SSSR count). The second-order valence-corrected chi connectivity index (χ2v) is 22.0. The van der Waals surface area contributed by atoms with Crippen molar-refractivity contribution in [1.29, 1.82) is 0 Å². The van der Waals surface area contributed by atoms with Crippen molar-refractivity contribution in [3.8, 4) is 28.4 Å². The molecule has 0 saturated heterocycles. The van der Waals surface area contributed by atoms with E-state index in [1.165, 1.54) is 50.0 Å². The molecule has 65 heavy (non-hydrogen) atoms. The van der Waals surface area contributed by atoms with E-state index in [1.807, 2.05) is 6.20 Å². The summed E-state index contributed by atoms with van der Waals surface area (Å²) in [6, 6.07) is 53.0. The summed E-state index contributed by atoms with van der Waals surface area (Å²) in [4.78, 5) is 9.83. The van der Waals surface area contributed by atoms with Crippen LogP contribution in [0.15, 0.2) is 158 Å². The van der Waals surface area contributed by atoms with E-state index < -0.39 is 0 Å². The van der Waals surface area contributed by atoms with Crippen molar-refractivity contribution in [2.75, 3.05) is 16.5 Å². The summed E-state index contributed by atoms with van der Waals surface area (Å²) < 4.78 is 9.31. The Hall–Kier alpha value is -6.59. The van der Waals surface area contributed by atoms with Crippen LogP contribution < -0.4 is 14.5 Å². The summed E-state index contributed by atoms with van der Waals surface area (Å²) >= 11 is 0. The molecule has 6 aromatic carbocycles. The molecule has 0 fully saturated rings. The van der Waals surface area contributed by atoms with Gasteiger partial charge in [0.1, 0.15) is 17.3 Å². The van der Waals surface area contributed by atoms with Gasteiger partial charge in [-0.25, -0.2) is 4.98 Å². The molecule has 5 heteroatoms. The second kappa shape index (κ2) is 16.1. The molecular formula is C60H64N4O. The Labute approximate surface area is 387 Å². The number of hydrogen-bond acceptors (Lipinski definition) is 4. The zero-order valence-corrected chi connectivity index (χ0v) is 40.4. The Kier molecular flexibility index (Phi) is 10.8. The third kappa shape index (κ3) is 8.81. The summed E-state index contributed by atoms with van der Waals surface area (Å²) in [5.74, 6) is 2.46. The SMILES string of the molecule is CC(C)(C)c1cc(Oc2ccc3c4cc(-c5ccccc5)ccc4n(-c4cc(C(C)(C)C)ccn4)c3c2)cc(N2C=C(c3ccccc3)N(c3cc(C(C)(C)C)cc(C(C)(C)C)c3)C2)c1. The van der Waals surface area contributed by atoms with Gasteiger partial charge in [0, 0.05) is 46.7 Å². The Morgan fingerprint density at radius 2 is 1.05 bits per heavy atom. The van der Waals surface area contributed by atoms with Gasteiger partial charge in [-0.3, -0.25) is 4.57 Å². The van der Waals surface area contributed by atoms with Gasteiger partial charge < -0.3 is 14.5 Å². The minimum absolute atomic E-state index is 0.00518. The highest BCUT2D eigenvalue weighted by atomic mass is 16.5. The van der Waals surface area contributed by atoms with Crippen LogP contribution in [0.5, 0.6) is 11.5 Å². The number of aromatic nitrogens is 2. The number of pyridine rings is 1. The molecule has 0 aliphatic carbocycles. The fraction of sp³-hybridized carbons (Fsp3) is 0.283.